The summed E-state index contributed by atoms with van der Waals surface area (Å²) >= 11 is 1.42. The molecule has 0 radical (unpaired) electrons. The number of anilines is 1. The fourth-order valence-corrected chi connectivity index (χ4v) is 3.63. The van der Waals surface area contributed by atoms with Gasteiger partial charge in [-0.25, -0.2) is 0 Å². The van der Waals surface area contributed by atoms with Gasteiger partial charge in [0.1, 0.15) is 4.88 Å². The van der Waals surface area contributed by atoms with Gasteiger partial charge < -0.3 is 15.4 Å². The molecule has 0 unspecified atom stereocenters. The van der Waals surface area contributed by atoms with Gasteiger partial charge in [-0.3, -0.25) is 9.78 Å². The summed E-state index contributed by atoms with van der Waals surface area (Å²) in [6, 6.07) is 1.86. The third-order valence-corrected chi connectivity index (χ3v) is 4.93. The summed E-state index contributed by atoms with van der Waals surface area (Å²) in [7, 11) is 1.72. The molecule has 0 atom stereocenters. The minimum absolute atomic E-state index is 0.0262. The summed E-state index contributed by atoms with van der Waals surface area (Å²) in [5, 5.41) is 0.917. The Morgan fingerprint density at radius 2 is 2.25 bits per heavy atom. The van der Waals surface area contributed by atoms with Crippen molar-refractivity contribution in [1.82, 2.24) is 9.88 Å². The Labute approximate surface area is 121 Å². The van der Waals surface area contributed by atoms with Gasteiger partial charge in [-0.15, -0.1) is 11.3 Å². The highest BCUT2D eigenvalue weighted by atomic mass is 32.1. The number of rotatable bonds is 2. The van der Waals surface area contributed by atoms with Gasteiger partial charge in [0, 0.05) is 38.0 Å². The first kappa shape index (κ1) is 13.3. The molecule has 1 amide bonds. The number of hydrogen-bond acceptors (Lipinski definition) is 5. The molecule has 20 heavy (non-hydrogen) atoms. The Kier molecular flexibility index (Phi) is 3.58. The van der Waals surface area contributed by atoms with Crippen LogP contribution in [0.1, 0.15) is 22.5 Å². The number of methoxy groups -OCH3 is 1. The third kappa shape index (κ3) is 2.25. The Balaban J connectivity index is 1.84. The van der Waals surface area contributed by atoms with Crippen LogP contribution < -0.4 is 5.73 Å². The monoisotopic (exact) mass is 291 g/mol. The first-order valence-corrected chi connectivity index (χ1v) is 7.46. The minimum atomic E-state index is 0.0262. The number of carbonyl (C=O) groups is 1. The van der Waals surface area contributed by atoms with E-state index in [0.717, 1.165) is 36.0 Å². The fraction of sp³-hybridized carbons (Fsp3) is 0.429. The Hall–Kier alpha value is -1.66. The van der Waals surface area contributed by atoms with Crippen molar-refractivity contribution in [2.45, 2.75) is 18.9 Å². The molecule has 0 aliphatic carbocycles. The molecule has 106 valence electrons. The van der Waals surface area contributed by atoms with Crippen LogP contribution in [-0.2, 0) is 4.74 Å². The van der Waals surface area contributed by atoms with Gasteiger partial charge in [-0.1, -0.05) is 0 Å². The van der Waals surface area contributed by atoms with E-state index in [1.165, 1.54) is 11.3 Å². The standard InChI is InChI=1S/C14H17N3O2S/c1-19-9-3-6-17(7-4-9)14(18)13-12(15)10-2-5-16-8-11(10)20-13/h2,5,8-9H,3-4,6-7,15H2,1H3. The van der Waals surface area contributed by atoms with Crippen molar-refractivity contribution >= 4 is 33.0 Å². The first-order valence-electron chi connectivity index (χ1n) is 6.64. The van der Waals surface area contributed by atoms with Crippen LogP contribution in [-0.4, -0.2) is 42.1 Å². The average Bonchev–Trinajstić information content (AvgIpc) is 2.84. The summed E-state index contributed by atoms with van der Waals surface area (Å²) < 4.78 is 6.29. The highest BCUT2D eigenvalue weighted by molar-refractivity contribution is 7.21. The van der Waals surface area contributed by atoms with E-state index < -0.39 is 0 Å². The molecule has 2 N–H and O–H groups in total. The lowest BCUT2D eigenvalue weighted by atomic mass is 10.1. The van der Waals surface area contributed by atoms with Crippen LogP contribution in [0.5, 0.6) is 0 Å². The van der Waals surface area contributed by atoms with Crippen LogP contribution in [0.2, 0.25) is 0 Å². The third-order valence-electron chi connectivity index (χ3n) is 3.79. The molecule has 2 aromatic heterocycles. The summed E-state index contributed by atoms with van der Waals surface area (Å²) in [6.45, 7) is 1.45. The summed E-state index contributed by atoms with van der Waals surface area (Å²) in [6.07, 6.45) is 5.49. The maximum atomic E-state index is 12.6. The maximum Gasteiger partial charge on any atom is 0.266 e. The van der Waals surface area contributed by atoms with Crippen molar-refractivity contribution in [1.29, 1.82) is 0 Å². The molecule has 3 rings (SSSR count). The lowest BCUT2D eigenvalue weighted by Crippen LogP contribution is -2.40. The number of nitrogens with two attached hydrogens (primary N) is 1. The number of hydrogen-bond donors (Lipinski definition) is 1. The smallest absolute Gasteiger partial charge is 0.266 e. The van der Waals surface area contributed by atoms with E-state index in [9.17, 15) is 4.79 Å². The van der Waals surface area contributed by atoms with Crippen LogP contribution in [0.25, 0.3) is 10.1 Å². The lowest BCUT2D eigenvalue weighted by Gasteiger charge is -2.31. The van der Waals surface area contributed by atoms with Gasteiger partial charge in [-0.05, 0) is 18.9 Å². The van der Waals surface area contributed by atoms with Gasteiger partial charge in [-0.2, -0.15) is 0 Å². The van der Waals surface area contributed by atoms with Crippen LogP contribution >= 0.6 is 11.3 Å². The summed E-state index contributed by atoms with van der Waals surface area (Å²) in [5.74, 6) is 0.0262. The number of thiophene rings is 1. The predicted molar refractivity (Wildman–Crippen MR) is 80.0 cm³/mol. The zero-order valence-corrected chi connectivity index (χ0v) is 12.2. The molecule has 0 saturated carbocycles. The molecular weight excluding hydrogens is 274 g/mol. The SMILES string of the molecule is COC1CCN(C(=O)c2sc3cnccc3c2N)CC1. The van der Waals surface area contributed by atoms with Gasteiger partial charge in [0.15, 0.2) is 0 Å². The molecular formula is C14H17N3O2S. The van der Waals surface area contributed by atoms with Crippen LogP contribution in [0.15, 0.2) is 18.5 Å². The number of ether oxygens (including phenoxy) is 1. The van der Waals surface area contributed by atoms with Crippen LogP contribution in [0.3, 0.4) is 0 Å². The number of aromatic nitrogens is 1. The molecule has 6 heteroatoms. The molecule has 0 bridgehead atoms. The lowest BCUT2D eigenvalue weighted by molar-refractivity contribution is 0.0354. The largest absolute Gasteiger partial charge is 0.397 e. The minimum Gasteiger partial charge on any atom is -0.397 e. The average molecular weight is 291 g/mol. The van der Waals surface area contributed by atoms with E-state index in [1.54, 1.807) is 19.5 Å². The molecule has 2 aromatic rings. The van der Waals surface area contributed by atoms with Crippen LogP contribution in [0, 0.1) is 0 Å². The van der Waals surface area contributed by atoms with E-state index in [4.69, 9.17) is 10.5 Å². The highest BCUT2D eigenvalue weighted by Crippen LogP contribution is 2.34. The van der Waals surface area contributed by atoms with Crippen molar-refractivity contribution in [3.05, 3.63) is 23.3 Å². The van der Waals surface area contributed by atoms with Gasteiger partial charge in [0.2, 0.25) is 0 Å². The molecule has 1 aliphatic heterocycles. The van der Waals surface area contributed by atoms with E-state index >= 15 is 0 Å². The molecule has 1 saturated heterocycles. The molecule has 3 heterocycles. The normalized spacial score (nSPS) is 16.8. The van der Waals surface area contributed by atoms with Crippen molar-refractivity contribution in [3.63, 3.8) is 0 Å². The fourth-order valence-electron chi connectivity index (χ4n) is 2.57. The topological polar surface area (TPSA) is 68.5 Å². The Morgan fingerprint density at radius 3 is 2.90 bits per heavy atom. The second-order valence-corrected chi connectivity index (χ2v) is 6.00. The number of piperidine rings is 1. The van der Waals surface area contributed by atoms with Gasteiger partial charge >= 0.3 is 0 Å². The maximum absolute atomic E-state index is 12.6. The first-order chi connectivity index (χ1) is 9.70. The quantitative estimate of drug-likeness (QED) is 0.920. The molecule has 0 spiro atoms. The Morgan fingerprint density at radius 1 is 1.50 bits per heavy atom. The number of nitrogens with zero attached hydrogens (tertiary/aromatic N) is 2. The zero-order valence-electron chi connectivity index (χ0n) is 11.3. The molecule has 1 fully saturated rings. The van der Waals surface area contributed by atoms with E-state index in [-0.39, 0.29) is 12.0 Å². The zero-order chi connectivity index (χ0) is 14.1. The number of fused-ring (bicyclic) bond motifs is 1. The second kappa shape index (κ2) is 5.38. The van der Waals surface area contributed by atoms with Gasteiger partial charge in [0.05, 0.1) is 16.5 Å². The van der Waals surface area contributed by atoms with E-state index in [1.807, 2.05) is 11.0 Å². The van der Waals surface area contributed by atoms with E-state index in [0.29, 0.717) is 10.6 Å². The molecule has 1 aliphatic rings. The highest BCUT2D eigenvalue weighted by Gasteiger charge is 2.26. The number of pyridine rings is 1. The Bertz CT molecular complexity index is 632. The molecule has 5 nitrogen and oxygen atoms in total. The molecule has 0 aromatic carbocycles. The number of carbonyl (C=O) groups excluding carboxylic acids is 1. The van der Waals surface area contributed by atoms with E-state index in [2.05, 4.69) is 4.98 Å². The van der Waals surface area contributed by atoms with Crippen LogP contribution in [0.4, 0.5) is 5.69 Å². The van der Waals surface area contributed by atoms with Crippen molar-refractivity contribution in [2.75, 3.05) is 25.9 Å². The van der Waals surface area contributed by atoms with Gasteiger partial charge in [0.25, 0.3) is 5.91 Å². The van der Waals surface area contributed by atoms with Crippen molar-refractivity contribution in [2.24, 2.45) is 0 Å². The number of likely N-dealkylation sites (tertiary alicyclic amines) is 1. The second-order valence-electron chi connectivity index (χ2n) is 4.94. The summed E-state index contributed by atoms with van der Waals surface area (Å²) in [4.78, 5) is 19.1. The predicted octanol–water partition coefficient (Wildman–Crippen LogP) is 2.13. The number of nitrogen functional groups attached to an aromatic ring is 1. The number of amides is 1. The van der Waals surface area contributed by atoms with Crippen molar-refractivity contribution in [3.8, 4) is 0 Å². The summed E-state index contributed by atoms with van der Waals surface area (Å²) in [5.41, 5.74) is 6.69. The van der Waals surface area contributed by atoms with Crippen molar-refractivity contribution < 1.29 is 9.53 Å².